The lowest BCUT2D eigenvalue weighted by molar-refractivity contribution is 0.0963. The third kappa shape index (κ3) is 1.61. The molecule has 1 amide bonds. The first-order valence-electron chi connectivity index (χ1n) is 5.85. The number of nitrogens with two attached hydrogens (primary N) is 1. The highest BCUT2D eigenvalue weighted by atomic mass is 16.1. The Bertz CT molecular complexity index is 806. The summed E-state index contributed by atoms with van der Waals surface area (Å²) in [6.45, 7) is 0. The van der Waals surface area contributed by atoms with Crippen LogP contribution >= 0.6 is 0 Å². The average Bonchev–Trinajstić information content (AvgIpc) is 2.81. The monoisotopic (exact) mass is 255 g/mol. The van der Waals surface area contributed by atoms with Crippen LogP contribution in [0.3, 0.4) is 0 Å². The number of nitrogen functional groups attached to an aromatic ring is 1. The predicted molar refractivity (Wildman–Crippen MR) is 73.8 cm³/mol. The molecule has 6 nitrogen and oxygen atoms in total. The summed E-state index contributed by atoms with van der Waals surface area (Å²) in [5.41, 5.74) is 8.14. The second-order valence-corrected chi connectivity index (χ2v) is 4.34. The fraction of sp³-hybridized carbons (Fsp3) is 0.154. The van der Waals surface area contributed by atoms with Crippen molar-refractivity contribution >= 4 is 33.5 Å². The van der Waals surface area contributed by atoms with E-state index in [-0.39, 0.29) is 5.91 Å². The van der Waals surface area contributed by atoms with Crippen molar-refractivity contribution in [2.75, 3.05) is 12.8 Å². The maximum atomic E-state index is 11.7. The first-order chi connectivity index (χ1) is 9.11. The zero-order valence-corrected chi connectivity index (χ0v) is 10.6. The van der Waals surface area contributed by atoms with Crippen molar-refractivity contribution in [3.05, 3.63) is 30.0 Å². The molecular weight excluding hydrogens is 242 g/mol. The number of carbonyl (C=O) groups excluding carboxylic acids is 1. The van der Waals surface area contributed by atoms with Gasteiger partial charge in [-0.3, -0.25) is 9.48 Å². The standard InChI is InChI=1S/C13H13N5O/c1-15-13(19)7-3-4-10-8(5-7)11-9(12(14)17-10)6-16-18(11)2/h3-6H,1-2H3,(H2,14,17)(H,15,19). The first-order valence-corrected chi connectivity index (χ1v) is 5.85. The van der Waals surface area contributed by atoms with Crippen molar-refractivity contribution in [2.24, 2.45) is 7.05 Å². The van der Waals surface area contributed by atoms with Crippen LogP contribution in [-0.2, 0) is 7.05 Å². The Kier molecular flexibility index (Phi) is 2.38. The lowest BCUT2D eigenvalue weighted by atomic mass is 10.1. The van der Waals surface area contributed by atoms with Crippen LogP contribution in [0.5, 0.6) is 0 Å². The predicted octanol–water partition coefficient (Wildman–Crippen LogP) is 1.06. The topological polar surface area (TPSA) is 85.8 Å². The van der Waals surface area contributed by atoms with Gasteiger partial charge in [-0.25, -0.2) is 4.98 Å². The summed E-state index contributed by atoms with van der Waals surface area (Å²) in [6, 6.07) is 5.34. The van der Waals surface area contributed by atoms with Gasteiger partial charge in [-0.05, 0) is 18.2 Å². The summed E-state index contributed by atoms with van der Waals surface area (Å²) < 4.78 is 1.74. The van der Waals surface area contributed by atoms with Crippen LogP contribution in [0.4, 0.5) is 5.82 Å². The van der Waals surface area contributed by atoms with E-state index in [1.54, 1.807) is 30.1 Å². The Morgan fingerprint density at radius 1 is 1.37 bits per heavy atom. The Hall–Kier alpha value is -2.63. The molecule has 0 bridgehead atoms. The fourth-order valence-corrected chi connectivity index (χ4v) is 2.24. The highest BCUT2D eigenvalue weighted by molar-refractivity contribution is 6.10. The van der Waals surface area contributed by atoms with Gasteiger partial charge in [0.05, 0.1) is 22.6 Å². The number of hydrogen-bond acceptors (Lipinski definition) is 4. The zero-order chi connectivity index (χ0) is 13.6. The molecule has 2 aromatic heterocycles. The number of aryl methyl sites for hydroxylation is 1. The molecule has 0 aliphatic carbocycles. The molecule has 3 aromatic rings. The molecule has 0 spiro atoms. The first kappa shape index (κ1) is 11.5. The van der Waals surface area contributed by atoms with Gasteiger partial charge in [0.2, 0.25) is 0 Å². The van der Waals surface area contributed by atoms with Gasteiger partial charge in [0.1, 0.15) is 5.82 Å². The number of fused-ring (bicyclic) bond motifs is 3. The van der Waals surface area contributed by atoms with Crippen LogP contribution in [0.25, 0.3) is 21.8 Å². The van der Waals surface area contributed by atoms with Crippen LogP contribution in [0.15, 0.2) is 24.4 Å². The smallest absolute Gasteiger partial charge is 0.251 e. The molecule has 96 valence electrons. The van der Waals surface area contributed by atoms with Gasteiger partial charge in [-0.1, -0.05) is 0 Å². The van der Waals surface area contributed by atoms with Gasteiger partial charge in [0.25, 0.3) is 5.91 Å². The molecule has 2 heterocycles. The Labute approximate surface area is 109 Å². The lowest BCUT2D eigenvalue weighted by Crippen LogP contribution is -2.17. The zero-order valence-electron chi connectivity index (χ0n) is 10.6. The lowest BCUT2D eigenvalue weighted by Gasteiger charge is -2.06. The van der Waals surface area contributed by atoms with E-state index in [2.05, 4.69) is 15.4 Å². The Balaban J connectivity index is 2.43. The molecule has 0 fully saturated rings. The van der Waals surface area contributed by atoms with Gasteiger partial charge in [0, 0.05) is 25.0 Å². The average molecular weight is 255 g/mol. The Morgan fingerprint density at radius 2 is 2.16 bits per heavy atom. The number of nitrogens with one attached hydrogen (secondary N) is 1. The van der Waals surface area contributed by atoms with Crippen LogP contribution in [0.2, 0.25) is 0 Å². The van der Waals surface area contributed by atoms with E-state index in [4.69, 9.17) is 5.73 Å². The molecule has 0 aliphatic heterocycles. The van der Waals surface area contributed by atoms with Crippen molar-refractivity contribution in [1.82, 2.24) is 20.1 Å². The molecular formula is C13H13N5O. The van der Waals surface area contributed by atoms with Gasteiger partial charge in [0.15, 0.2) is 0 Å². The number of aromatic nitrogens is 3. The number of rotatable bonds is 1. The van der Waals surface area contributed by atoms with Crippen LogP contribution in [0.1, 0.15) is 10.4 Å². The summed E-state index contributed by atoms with van der Waals surface area (Å²) in [5, 5.41) is 8.47. The molecule has 0 aliphatic rings. The number of nitrogens with zero attached hydrogens (tertiary/aromatic N) is 3. The molecule has 0 unspecified atom stereocenters. The maximum Gasteiger partial charge on any atom is 0.251 e. The molecule has 0 atom stereocenters. The van der Waals surface area contributed by atoms with Crippen molar-refractivity contribution in [3.63, 3.8) is 0 Å². The number of hydrogen-bond donors (Lipinski definition) is 2. The number of benzene rings is 1. The van der Waals surface area contributed by atoms with Crippen LogP contribution in [0, 0.1) is 0 Å². The van der Waals surface area contributed by atoms with Crippen molar-refractivity contribution < 1.29 is 4.79 Å². The number of anilines is 1. The van der Waals surface area contributed by atoms with E-state index in [0.29, 0.717) is 11.4 Å². The second kappa shape index (κ2) is 3.94. The molecule has 0 saturated carbocycles. The van der Waals surface area contributed by atoms with Gasteiger partial charge in [-0.15, -0.1) is 0 Å². The minimum atomic E-state index is -0.131. The van der Waals surface area contributed by atoms with E-state index < -0.39 is 0 Å². The third-order valence-electron chi connectivity index (χ3n) is 3.20. The summed E-state index contributed by atoms with van der Waals surface area (Å²) in [5.74, 6) is 0.317. The summed E-state index contributed by atoms with van der Waals surface area (Å²) >= 11 is 0. The number of pyridine rings is 1. The van der Waals surface area contributed by atoms with Gasteiger partial charge < -0.3 is 11.1 Å². The van der Waals surface area contributed by atoms with Crippen molar-refractivity contribution in [1.29, 1.82) is 0 Å². The molecule has 3 N–H and O–H groups in total. The van der Waals surface area contributed by atoms with E-state index in [1.807, 2.05) is 13.1 Å². The van der Waals surface area contributed by atoms with Crippen LogP contribution < -0.4 is 11.1 Å². The van der Waals surface area contributed by atoms with Crippen molar-refractivity contribution in [2.45, 2.75) is 0 Å². The third-order valence-corrected chi connectivity index (χ3v) is 3.20. The van der Waals surface area contributed by atoms with Gasteiger partial charge in [-0.2, -0.15) is 5.10 Å². The highest BCUT2D eigenvalue weighted by Gasteiger charge is 2.12. The summed E-state index contributed by atoms with van der Waals surface area (Å²) in [7, 11) is 3.45. The van der Waals surface area contributed by atoms with Crippen molar-refractivity contribution in [3.8, 4) is 0 Å². The summed E-state index contributed by atoms with van der Waals surface area (Å²) in [6.07, 6.45) is 1.68. The molecule has 6 heteroatoms. The molecule has 0 saturated heterocycles. The number of carbonyl (C=O) groups is 1. The summed E-state index contributed by atoms with van der Waals surface area (Å²) in [4.78, 5) is 16.0. The minimum absolute atomic E-state index is 0.131. The highest BCUT2D eigenvalue weighted by Crippen LogP contribution is 2.27. The van der Waals surface area contributed by atoms with E-state index in [1.165, 1.54) is 0 Å². The molecule has 3 rings (SSSR count). The fourth-order valence-electron chi connectivity index (χ4n) is 2.24. The molecule has 19 heavy (non-hydrogen) atoms. The van der Waals surface area contributed by atoms with Crippen LogP contribution in [-0.4, -0.2) is 27.7 Å². The van der Waals surface area contributed by atoms with Gasteiger partial charge >= 0.3 is 0 Å². The normalized spacial score (nSPS) is 11.1. The van der Waals surface area contributed by atoms with E-state index >= 15 is 0 Å². The van der Waals surface area contributed by atoms with E-state index in [0.717, 1.165) is 21.8 Å². The quantitative estimate of drug-likeness (QED) is 0.681. The number of amides is 1. The van der Waals surface area contributed by atoms with E-state index in [9.17, 15) is 4.79 Å². The largest absolute Gasteiger partial charge is 0.383 e. The molecule has 0 radical (unpaired) electrons. The maximum absolute atomic E-state index is 11.7. The second-order valence-electron chi connectivity index (χ2n) is 4.34. The SMILES string of the molecule is CNC(=O)c1ccc2nc(N)c3cnn(C)c3c2c1. The Morgan fingerprint density at radius 3 is 2.89 bits per heavy atom. The molecule has 1 aromatic carbocycles. The minimum Gasteiger partial charge on any atom is -0.383 e.